The van der Waals surface area contributed by atoms with Crippen LogP contribution in [0, 0.1) is 18.8 Å². The predicted molar refractivity (Wildman–Crippen MR) is 228 cm³/mol. The molecule has 0 fully saturated rings. The van der Waals surface area contributed by atoms with Gasteiger partial charge in [0.05, 0.1) is 18.0 Å². The smallest absolute Gasteiger partial charge is 0.278 e. The van der Waals surface area contributed by atoms with Gasteiger partial charge >= 0.3 is 0 Å². The topological polar surface area (TPSA) is 42.0 Å². The van der Waals surface area contributed by atoms with E-state index in [2.05, 4.69) is 183 Å². The summed E-state index contributed by atoms with van der Waals surface area (Å²) < 4.78 is 0. The maximum atomic E-state index is 4.83. The first-order valence-electron chi connectivity index (χ1n) is 18.9. The summed E-state index contributed by atoms with van der Waals surface area (Å²) in [5, 5.41) is 0. The van der Waals surface area contributed by atoms with E-state index in [1.807, 2.05) is 18.2 Å². The molecule has 57 heavy (non-hydrogen) atoms. The molecule has 0 atom stereocenters. The third-order valence-corrected chi connectivity index (χ3v) is 11.4. The summed E-state index contributed by atoms with van der Waals surface area (Å²) in [5.41, 5.74) is 15.7. The number of para-hydroxylation sites is 6. The second-order valence-electron chi connectivity index (χ2n) is 14.4. The van der Waals surface area contributed by atoms with Crippen LogP contribution < -0.4 is 35.3 Å². The van der Waals surface area contributed by atoms with Crippen molar-refractivity contribution in [3.05, 3.63) is 189 Å². The van der Waals surface area contributed by atoms with Crippen molar-refractivity contribution in [3.63, 3.8) is 0 Å². The minimum Gasteiger partial charge on any atom is -0.477 e. The van der Waals surface area contributed by atoms with Crippen molar-refractivity contribution in [2.24, 2.45) is 0 Å². The van der Waals surface area contributed by atoms with E-state index < -0.39 is 0 Å². The Morgan fingerprint density at radius 2 is 0.947 bits per heavy atom. The Morgan fingerprint density at radius 3 is 1.58 bits per heavy atom. The van der Waals surface area contributed by atoms with E-state index in [-0.39, 0.29) is 27.9 Å². The van der Waals surface area contributed by atoms with E-state index in [4.69, 9.17) is 9.97 Å². The zero-order valence-electron chi connectivity index (χ0n) is 30.5. The molecule has 8 aromatic rings. The van der Waals surface area contributed by atoms with E-state index in [0.29, 0.717) is 6.67 Å². The van der Waals surface area contributed by atoms with E-state index in [9.17, 15) is 0 Å². The van der Waals surface area contributed by atoms with E-state index in [0.717, 1.165) is 56.6 Å². The summed E-state index contributed by atoms with van der Waals surface area (Å²) in [5.74, 6) is 1.54. The molecule has 1 aromatic heterocycles. The van der Waals surface area contributed by atoms with Gasteiger partial charge in [0, 0.05) is 56.2 Å². The van der Waals surface area contributed by atoms with Gasteiger partial charge in [-0.15, -0.1) is 35.6 Å². The van der Waals surface area contributed by atoms with Crippen LogP contribution in [0.15, 0.2) is 170 Å². The van der Waals surface area contributed by atoms with Gasteiger partial charge in [-0.05, 0) is 48.5 Å². The van der Waals surface area contributed by atoms with Crippen molar-refractivity contribution in [3.8, 4) is 22.3 Å². The molecule has 0 saturated heterocycles. The van der Waals surface area contributed by atoms with Gasteiger partial charge in [0.2, 0.25) is 0 Å². The molecule has 0 radical (unpaired) electrons. The zero-order chi connectivity index (χ0) is 36.7. The summed E-state index contributed by atoms with van der Waals surface area (Å²) in [6.07, 6.45) is 3.50. The number of benzene rings is 7. The molecule has 4 aliphatic heterocycles. The van der Waals surface area contributed by atoms with Gasteiger partial charge in [-0.2, -0.15) is 35.2 Å². The van der Waals surface area contributed by atoms with Crippen LogP contribution >= 0.6 is 0 Å². The average molecular weight is 912 g/mol. The fraction of sp³-hybridized carbons (Fsp3) is 0.0208. The molecule has 0 saturated carbocycles. The van der Waals surface area contributed by atoms with Gasteiger partial charge in [-0.1, -0.05) is 102 Å². The van der Waals surface area contributed by atoms with Crippen LogP contribution in [-0.2, 0) is 21.1 Å². The van der Waals surface area contributed by atoms with E-state index >= 15 is 0 Å². The molecule has 0 amide bonds. The minimum atomic E-state index is -0.193. The minimum absolute atomic E-state index is 0. The first-order chi connectivity index (χ1) is 27.8. The molecular weight excluding hydrogens is 880 g/mol. The Morgan fingerprint density at radius 1 is 0.456 bits per heavy atom. The van der Waals surface area contributed by atoms with Crippen molar-refractivity contribution >= 4 is 74.9 Å². The Bertz CT molecular complexity index is 2640. The molecule has 0 N–H and O–H groups in total. The fourth-order valence-corrected chi connectivity index (χ4v) is 8.92. The number of fused-ring (bicyclic) bond motifs is 13. The Balaban J connectivity index is 0.00000374. The van der Waals surface area contributed by atoms with Crippen molar-refractivity contribution in [1.82, 2.24) is 9.97 Å². The standard InChI is InChI=1S/C48H31BN7.Pt/c1-3-13-33(14-4-1)52-31-53(46-22-12-11-21-45(46)52)35-23-25-37-39-17-7-9-19-43(39)56-44-20-10-8-18-40(44)38-26-24-36(30-42(38)49(56)41(37)29-35)55-32-54(34-15-5-2-6-16-34)47-48(55)51-28-27-50-47;/h1-28,32H,31H2;/q-3;. The van der Waals surface area contributed by atoms with Gasteiger partial charge in [0.25, 0.3) is 6.85 Å². The molecule has 0 bridgehead atoms. The zero-order valence-corrected chi connectivity index (χ0v) is 32.7. The molecule has 0 unspecified atom stereocenters. The quantitative estimate of drug-likeness (QED) is 0.129. The SMILES string of the molecule is [Pt].[c-]1c(N2[CH-]N(c3ccccc3)c3nccnc32)ccc2c1B1c3[c-]c(N4CN(c5ccccc5)c5ccccc54)ccc3-c3ccccc3N1c1ccccc1-2. The number of anilines is 10. The Labute approximate surface area is 346 Å². The summed E-state index contributed by atoms with van der Waals surface area (Å²) in [4.78, 5) is 21.1. The summed E-state index contributed by atoms with van der Waals surface area (Å²) in [6.45, 7) is 2.56. The van der Waals surface area contributed by atoms with Gasteiger partial charge < -0.3 is 24.4 Å². The molecule has 12 rings (SSSR count). The second-order valence-corrected chi connectivity index (χ2v) is 14.4. The van der Waals surface area contributed by atoms with Crippen LogP contribution in [0.2, 0.25) is 0 Å². The number of hydrogen-bond donors (Lipinski definition) is 0. The molecule has 9 heteroatoms. The summed E-state index contributed by atoms with van der Waals surface area (Å²) in [7, 11) is 0. The third kappa shape index (κ3) is 5.10. The van der Waals surface area contributed by atoms with Gasteiger partial charge in [0.1, 0.15) is 11.6 Å². The third-order valence-electron chi connectivity index (χ3n) is 11.4. The van der Waals surface area contributed by atoms with E-state index in [1.165, 1.54) is 33.8 Å². The molecule has 4 aliphatic rings. The first kappa shape index (κ1) is 33.7. The molecule has 274 valence electrons. The molecular formula is C48H31BN7Pt-3. The summed E-state index contributed by atoms with van der Waals surface area (Å²) in [6, 6.07) is 64.1. The number of nitrogens with zero attached hydrogens (tertiary/aromatic N) is 7. The van der Waals surface area contributed by atoms with Gasteiger partial charge in [0.15, 0.2) is 0 Å². The monoisotopic (exact) mass is 911 g/mol. The number of hydrogen-bond acceptors (Lipinski definition) is 7. The van der Waals surface area contributed by atoms with Crippen LogP contribution in [0.5, 0.6) is 0 Å². The molecule has 5 heterocycles. The van der Waals surface area contributed by atoms with Crippen molar-refractivity contribution in [2.75, 3.05) is 31.1 Å². The maximum absolute atomic E-state index is 4.83. The summed E-state index contributed by atoms with van der Waals surface area (Å²) >= 11 is 0. The largest absolute Gasteiger partial charge is 0.477 e. The normalized spacial score (nSPS) is 14.2. The molecule has 7 nitrogen and oxygen atoms in total. The van der Waals surface area contributed by atoms with Crippen molar-refractivity contribution < 1.29 is 21.1 Å². The van der Waals surface area contributed by atoms with Gasteiger partial charge in [-0.3, -0.25) is 0 Å². The van der Waals surface area contributed by atoms with Crippen LogP contribution in [0.4, 0.5) is 57.1 Å². The van der Waals surface area contributed by atoms with Crippen LogP contribution in [0.25, 0.3) is 22.3 Å². The Kier molecular flexibility index (Phi) is 7.83. The maximum Gasteiger partial charge on any atom is 0.278 e. The molecule has 7 aromatic carbocycles. The number of aromatic nitrogens is 2. The van der Waals surface area contributed by atoms with Crippen LogP contribution in [-0.4, -0.2) is 23.5 Å². The van der Waals surface area contributed by atoms with Gasteiger partial charge in [-0.25, -0.2) is 9.97 Å². The Hall–Kier alpha value is -6.63. The first-order valence-corrected chi connectivity index (χ1v) is 18.9. The number of rotatable bonds is 4. The van der Waals surface area contributed by atoms with Crippen LogP contribution in [0.1, 0.15) is 0 Å². The van der Waals surface area contributed by atoms with E-state index in [1.54, 1.807) is 12.4 Å². The second kappa shape index (κ2) is 13.3. The average Bonchev–Trinajstić information content (AvgIpc) is 3.86. The predicted octanol–water partition coefficient (Wildman–Crippen LogP) is 9.64. The van der Waals surface area contributed by atoms with Crippen LogP contribution in [0.3, 0.4) is 0 Å². The molecule has 0 spiro atoms. The van der Waals surface area contributed by atoms with Crippen molar-refractivity contribution in [1.29, 1.82) is 0 Å². The molecule has 0 aliphatic carbocycles. The van der Waals surface area contributed by atoms with Crippen molar-refractivity contribution in [2.45, 2.75) is 0 Å². The fourth-order valence-electron chi connectivity index (χ4n) is 8.92.